The molecule has 1 aliphatic carbocycles. The molecule has 0 heterocycles. The highest BCUT2D eigenvalue weighted by Crippen LogP contribution is 2.33. The van der Waals surface area contributed by atoms with Crippen LogP contribution in [0.1, 0.15) is 56.2 Å². The summed E-state index contributed by atoms with van der Waals surface area (Å²) < 4.78 is 6.02. The largest absolute Gasteiger partial charge is 0.493 e. The molecular formula is C17H27NO. The summed E-state index contributed by atoms with van der Waals surface area (Å²) in [5, 5.41) is 0. The third kappa shape index (κ3) is 3.97. The molecule has 1 aromatic rings. The first-order valence-corrected chi connectivity index (χ1v) is 7.49. The third-order valence-corrected chi connectivity index (χ3v) is 3.78. The zero-order chi connectivity index (χ0) is 14.0. The SMILES string of the molecule is Cc1cc(OCC2CC2)c(CC(C)N)cc1C(C)C. The molecule has 2 rings (SSSR count). The van der Waals surface area contributed by atoms with E-state index in [0.29, 0.717) is 5.92 Å². The van der Waals surface area contributed by atoms with Gasteiger partial charge in [0.15, 0.2) is 0 Å². The molecule has 0 saturated heterocycles. The van der Waals surface area contributed by atoms with Gasteiger partial charge in [-0.25, -0.2) is 0 Å². The van der Waals surface area contributed by atoms with Crippen LogP contribution in [0.5, 0.6) is 5.75 Å². The van der Waals surface area contributed by atoms with Gasteiger partial charge in [0.1, 0.15) is 5.75 Å². The van der Waals surface area contributed by atoms with Crippen molar-refractivity contribution >= 4 is 0 Å². The van der Waals surface area contributed by atoms with Gasteiger partial charge in [-0.15, -0.1) is 0 Å². The zero-order valence-corrected chi connectivity index (χ0v) is 12.7. The summed E-state index contributed by atoms with van der Waals surface area (Å²) in [4.78, 5) is 0. The molecule has 0 spiro atoms. The molecule has 1 aliphatic rings. The van der Waals surface area contributed by atoms with Gasteiger partial charge < -0.3 is 10.5 Å². The van der Waals surface area contributed by atoms with E-state index in [4.69, 9.17) is 10.5 Å². The molecule has 1 fully saturated rings. The van der Waals surface area contributed by atoms with Gasteiger partial charge in [0.2, 0.25) is 0 Å². The lowest BCUT2D eigenvalue weighted by molar-refractivity contribution is 0.296. The average Bonchev–Trinajstić information content (AvgIpc) is 3.11. The molecule has 0 radical (unpaired) electrons. The molecule has 19 heavy (non-hydrogen) atoms. The van der Waals surface area contributed by atoms with Crippen molar-refractivity contribution < 1.29 is 4.74 Å². The molecule has 106 valence electrons. The number of nitrogens with two attached hydrogens (primary N) is 1. The van der Waals surface area contributed by atoms with Crippen LogP contribution in [0, 0.1) is 12.8 Å². The number of aryl methyl sites for hydroxylation is 1. The van der Waals surface area contributed by atoms with Crippen LogP contribution < -0.4 is 10.5 Å². The quantitative estimate of drug-likeness (QED) is 0.845. The van der Waals surface area contributed by atoms with E-state index in [-0.39, 0.29) is 6.04 Å². The molecule has 0 aromatic heterocycles. The summed E-state index contributed by atoms with van der Waals surface area (Å²) in [6, 6.07) is 4.67. The van der Waals surface area contributed by atoms with Crippen LogP contribution in [0.2, 0.25) is 0 Å². The molecule has 2 nitrogen and oxygen atoms in total. The third-order valence-electron chi connectivity index (χ3n) is 3.78. The first-order chi connectivity index (χ1) is 8.97. The first-order valence-electron chi connectivity index (χ1n) is 7.49. The fraction of sp³-hybridized carbons (Fsp3) is 0.647. The number of hydrogen-bond donors (Lipinski definition) is 1. The summed E-state index contributed by atoms with van der Waals surface area (Å²) in [6.45, 7) is 9.58. The molecule has 1 saturated carbocycles. The van der Waals surface area contributed by atoms with Gasteiger partial charge in [-0.3, -0.25) is 0 Å². The summed E-state index contributed by atoms with van der Waals surface area (Å²) in [7, 11) is 0. The Kier molecular flexibility index (Phi) is 4.51. The van der Waals surface area contributed by atoms with Gasteiger partial charge >= 0.3 is 0 Å². The highest BCUT2D eigenvalue weighted by atomic mass is 16.5. The topological polar surface area (TPSA) is 35.2 Å². The Morgan fingerprint density at radius 3 is 2.47 bits per heavy atom. The fourth-order valence-electron chi connectivity index (χ4n) is 2.50. The van der Waals surface area contributed by atoms with Crippen LogP contribution in [-0.4, -0.2) is 12.6 Å². The molecular weight excluding hydrogens is 234 g/mol. The van der Waals surface area contributed by atoms with Crippen LogP contribution in [0.4, 0.5) is 0 Å². The molecule has 1 atom stereocenters. The number of hydrogen-bond acceptors (Lipinski definition) is 2. The van der Waals surface area contributed by atoms with Gasteiger partial charge in [-0.1, -0.05) is 19.9 Å². The molecule has 0 bridgehead atoms. The van der Waals surface area contributed by atoms with E-state index in [2.05, 4.69) is 39.8 Å². The van der Waals surface area contributed by atoms with Crippen molar-refractivity contribution in [3.8, 4) is 5.75 Å². The minimum Gasteiger partial charge on any atom is -0.493 e. The summed E-state index contributed by atoms with van der Waals surface area (Å²) in [5.74, 6) is 2.38. The monoisotopic (exact) mass is 261 g/mol. The van der Waals surface area contributed by atoms with E-state index in [0.717, 1.165) is 24.7 Å². The van der Waals surface area contributed by atoms with Crippen molar-refractivity contribution in [1.82, 2.24) is 0 Å². The Bertz CT molecular complexity index is 433. The highest BCUT2D eigenvalue weighted by Gasteiger charge is 2.22. The van der Waals surface area contributed by atoms with E-state index in [1.165, 1.54) is 29.5 Å². The average molecular weight is 261 g/mol. The summed E-state index contributed by atoms with van der Waals surface area (Å²) in [5.41, 5.74) is 9.98. The molecule has 2 heteroatoms. The maximum atomic E-state index is 6.02. The Hall–Kier alpha value is -1.02. The van der Waals surface area contributed by atoms with Gasteiger partial charge in [0, 0.05) is 6.04 Å². The lowest BCUT2D eigenvalue weighted by atomic mass is 9.93. The number of benzene rings is 1. The summed E-state index contributed by atoms with van der Waals surface area (Å²) >= 11 is 0. The Morgan fingerprint density at radius 1 is 1.26 bits per heavy atom. The van der Waals surface area contributed by atoms with E-state index in [1.54, 1.807) is 0 Å². The lowest BCUT2D eigenvalue weighted by Crippen LogP contribution is -2.19. The second kappa shape index (κ2) is 5.96. The van der Waals surface area contributed by atoms with Crippen LogP contribution in [0.3, 0.4) is 0 Å². The van der Waals surface area contributed by atoms with E-state index < -0.39 is 0 Å². The number of ether oxygens (including phenoxy) is 1. The minimum atomic E-state index is 0.172. The van der Waals surface area contributed by atoms with Crippen molar-refractivity contribution in [2.75, 3.05) is 6.61 Å². The Balaban J connectivity index is 2.24. The predicted molar refractivity (Wildman–Crippen MR) is 80.8 cm³/mol. The van der Waals surface area contributed by atoms with Crippen molar-refractivity contribution in [3.05, 3.63) is 28.8 Å². The Morgan fingerprint density at radius 2 is 1.95 bits per heavy atom. The van der Waals surface area contributed by atoms with Crippen molar-refractivity contribution in [1.29, 1.82) is 0 Å². The minimum absolute atomic E-state index is 0.172. The van der Waals surface area contributed by atoms with Crippen LogP contribution >= 0.6 is 0 Å². The smallest absolute Gasteiger partial charge is 0.122 e. The maximum absolute atomic E-state index is 6.02. The molecule has 0 amide bonds. The van der Waals surface area contributed by atoms with Gasteiger partial charge in [0.05, 0.1) is 6.61 Å². The van der Waals surface area contributed by atoms with Crippen LogP contribution in [0.15, 0.2) is 12.1 Å². The second-order valence-corrected chi connectivity index (χ2v) is 6.41. The van der Waals surface area contributed by atoms with Gasteiger partial charge in [0.25, 0.3) is 0 Å². The highest BCUT2D eigenvalue weighted by molar-refractivity contribution is 5.44. The maximum Gasteiger partial charge on any atom is 0.122 e. The van der Waals surface area contributed by atoms with E-state index in [9.17, 15) is 0 Å². The van der Waals surface area contributed by atoms with E-state index in [1.807, 2.05) is 0 Å². The predicted octanol–water partition coefficient (Wildman–Crippen LogP) is 3.80. The van der Waals surface area contributed by atoms with Crippen molar-refractivity contribution in [2.45, 2.75) is 58.9 Å². The number of rotatable bonds is 6. The summed E-state index contributed by atoms with van der Waals surface area (Å²) in [6.07, 6.45) is 3.54. The van der Waals surface area contributed by atoms with Gasteiger partial charge in [-0.2, -0.15) is 0 Å². The molecule has 2 N–H and O–H groups in total. The molecule has 1 unspecified atom stereocenters. The van der Waals surface area contributed by atoms with Crippen LogP contribution in [-0.2, 0) is 6.42 Å². The first kappa shape index (κ1) is 14.4. The lowest BCUT2D eigenvalue weighted by Gasteiger charge is -2.18. The molecule has 1 aromatic carbocycles. The fourth-order valence-corrected chi connectivity index (χ4v) is 2.50. The standard InChI is InChI=1S/C17H27NO/c1-11(2)16-9-15(8-13(4)18)17(7-12(16)3)19-10-14-5-6-14/h7,9,11,13-14H,5-6,8,10,18H2,1-4H3. The van der Waals surface area contributed by atoms with Gasteiger partial charge in [-0.05, 0) is 67.7 Å². The Labute approximate surface area is 117 Å². The van der Waals surface area contributed by atoms with Crippen molar-refractivity contribution in [3.63, 3.8) is 0 Å². The zero-order valence-electron chi connectivity index (χ0n) is 12.7. The van der Waals surface area contributed by atoms with Crippen LogP contribution in [0.25, 0.3) is 0 Å². The second-order valence-electron chi connectivity index (χ2n) is 6.41. The van der Waals surface area contributed by atoms with Crippen molar-refractivity contribution in [2.24, 2.45) is 11.7 Å². The molecule has 0 aliphatic heterocycles. The normalized spacial score (nSPS) is 16.7. The van der Waals surface area contributed by atoms with E-state index >= 15 is 0 Å².